The minimum atomic E-state index is -3.44. The topological polar surface area (TPSA) is 54.3 Å². The third-order valence-corrected chi connectivity index (χ3v) is 6.77. The molecule has 0 aliphatic carbocycles. The van der Waals surface area contributed by atoms with Gasteiger partial charge in [0.25, 0.3) is 0 Å². The van der Waals surface area contributed by atoms with Crippen molar-refractivity contribution >= 4 is 20.9 Å². The molecule has 0 saturated carbocycles. The predicted molar refractivity (Wildman–Crippen MR) is 104 cm³/mol. The Labute approximate surface area is 154 Å². The Morgan fingerprint density at radius 3 is 2.65 bits per heavy atom. The number of nitrogens with one attached hydrogen (secondary N) is 1. The van der Waals surface area contributed by atoms with Gasteiger partial charge < -0.3 is 9.88 Å². The van der Waals surface area contributed by atoms with Gasteiger partial charge in [-0.25, -0.2) is 8.42 Å². The first kappa shape index (κ1) is 17.3. The van der Waals surface area contributed by atoms with Crippen LogP contribution in [0.2, 0.25) is 0 Å². The summed E-state index contributed by atoms with van der Waals surface area (Å²) in [7, 11) is -3.44. The molecule has 1 fully saturated rings. The first-order chi connectivity index (χ1) is 12.6. The molecule has 3 aromatic rings. The van der Waals surface area contributed by atoms with Gasteiger partial charge in [0.1, 0.15) is 0 Å². The van der Waals surface area contributed by atoms with Crippen LogP contribution in [0.25, 0.3) is 10.9 Å². The quantitative estimate of drug-likeness (QED) is 0.769. The van der Waals surface area contributed by atoms with Gasteiger partial charge in [0.2, 0.25) is 10.0 Å². The third kappa shape index (κ3) is 3.40. The lowest BCUT2D eigenvalue weighted by Gasteiger charge is -2.19. The summed E-state index contributed by atoms with van der Waals surface area (Å²) in [5, 5.41) is 4.20. The second-order valence-electron chi connectivity index (χ2n) is 6.66. The number of hydrogen-bond acceptors (Lipinski definition) is 3. The fraction of sp³-hybridized carbons (Fsp3) is 0.300. The molecule has 4 rings (SSSR count). The molecule has 0 bridgehead atoms. The highest BCUT2D eigenvalue weighted by atomic mass is 32.2. The molecule has 2 heterocycles. The fourth-order valence-corrected chi connectivity index (χ4v) is 4.98. The number of nitrogens with zero attached hydrogens (tertiary/aromatic N) is 2. The summed E-state index contributed by atoms with van der Waals surface area (Å²) in [4.78, 5) is 0.379. The SMILES string of the molecule is O=S(=O)(c1ccc2c(ccn2Cc2ccccc2)c1)N1CCCNCC1. The zero-order valence-electron chi connectivity index (χ0n) is 14.6. The van der Waals surface area contributed by atoms with Crippen molar-refractivity contribution < 1.29 is 8.42 Å². The maximum Gasteiger partial charge on any atom is 0.243 e. The minimum Gasteiger partial charge on any atom is -0.343 e. The molecular weight excluding hydrogens is 346 g/mol. The zero-order chi connectivity index (χ0) is 18.0. The second-order valence-corrected chi connectivity index (χ2v) is 8.60. The summed E-state index contributed by atoms with van der Waals surface area (Å²) in [6.45, 7) is 3.44. The lowest BCUT2D eigenvalue weighted by molar-refractivity contribution is 0.432. The molecule has 5 nitrogen and oxygen atoms in total. The van der Waals surface area contributed by atoms with Crippen molar-refractivity contribution in [1.82, 2.24) is 14.2 Å². The summed E-state index contributed by atoms with van der Waals surface area (Å²) < 4.78 is 29.7. The molecule has 0 radical (unpaired) electrons. The maximum atomic E-state index is 13.0. The summed E-state index contributed by atoms with van der Waals surface area (Å²) in [6, 6.07) is 17.7. The molecule has 0 amide bonds. The van der Waals surface area contributed by atoms with Crippen LogP contribution in [0.1, 0.15) is 12.0 Å². The van der Waals surface area contributed by atoms with Crippen LogP contribution in [-0.4, -0.2) is 43.5 Å². The second kappa shape index (κ2) is 7.23. The van der Waals surface area contributed by atoms with E-state index in [4.69, 9.17) is 0 Å². The van der Waals surface area contributed by atoms with Crippen LogP contribution >= 0.6 is 0 Å². The Kier molecular flexibility index (Phi) is 4.80. The van der Waals surface area contributed by atoms with Crippen LogP contribution in [0.4, 0.5) is 0 Å². The number of sulfonamides is 1. The normalized spacial score (nSPS) is 16.6. The average Bonchev–Trinajstić information content (AvgIpc) is 2.86. The number of hydrogen-bond donors (Lipinski definition) is 1. The Morgan fingerprint density at radius 1 is 0.962 bits per heavy atom. The van der Waals surface area contributed by atoms with Crippen molar-refractivity contribution in [3.8, 4) is 0 Å². The van der Waals surface area contributed by atoms with Crippen molar-refractivity contribution in [1.29, 1.82) is 0 Å². The fourth-order valence-electron chi connectivity index (χ4n) is 3.47. The van der Waals surface area contributed by atoms with Gasteiger partial charge in [-0.05, 0) is 42.8 Å². The van der Waals surface area contributed by atoms with E-state index in [1.54, 1.807) is 16.4 Å². The molecule has 1 aromatic heterocycles. The van der Waals surface area contributed by atoms with E-state index in [1.807, 2.05) is 36.5 Å². The maximum absolute atomic E-state index is 13.0. The van der Waals surface area contributed by atoms with Gasteiger partial charge in [-0.15, -0.1) is 0 Å². The van der Waals surface area contributed by atoms with Crippen LogP contribution < -0.4 is 5.32 Å². The number of aromatic nitrogens is 1. The van der Waals surface area contributed by atoms with Gasteiger partial charge in [-0.3, -0.25) is 0 Å². The molecule has 1 aliphatic heterocycles. The molecule has 2 aromatic carbocycles. The largest absolute Gasteiger partial charge is 0.343 e. The van der Waals surface area contributed by atoms with E-state index in [9.17, 15) is 8.42 Å². The Morgan fingerprint density at radius 2 is 1.81 bits per heavy atom. The van der Waals surface area contributed by atoms with Crippen LogP contribution in [0.5, 0.6) is 0 Å². The first-order valence-electron chi connectivity index (χ1n) is 8.98. The molecule has 1 saturated heterocycles. The molecule has 1 N–H and O–H groups in total. The Balaban J connectivity index is 1.64. The average molecular weight is 369 g/mol. The van der Waals surface area contributed by atoms with Crippen LogP contribution in [-0.2, 0) is 16.6 Å². The van der Waals surface area contributed by atoms with Crippen molar-refractivity contribution in [3.05, 3.63) is 66.4 Å². The molecule has 0 spiro atoms. The van der Waals surface area contributed by atoms with E-state index >= 15 is 0 Å². The highest BCUT2D eigenvalue weighted by molar-refractivity contribution is 7.89. The monoisotopic (exact) mass is 369 g/mol. The molecule has 136 valence electrons. The zero-order valence-corrected chi connectivity index (χ0v) is 15.5. The predicted octanol–water partition coefficient (Wildman–Crippen LogP) is 2.67. The molecule has 1 aliphatic rings. The van der Waals surface area contributed by atoms with Gasteiger partial charge in [0.15, 0.2) is 0 Å². The molecule has 6 heteroatoms. The van der Waals surface area contributed by atoms with E-state index in [2.05, 4.69) is 22.0 Å². The van der Waals surface area contributed by atoms with Crippen molar-refractivity contribution in [2.45, 2.75) is 17.9 Å². The number of rotatable bonds is 4. The molecule has 26 heavy (non-hydrogen) atoms. The number of benzene rings is 2. The molecule has 0 unspecified atom stereocenters. The lowest BCUT2D eigenvalue weighted by Crippen LogP contribution is -2.34. The van der Waals surface area contributed by atoms with E-state index < -0.39 is 10.0 Å². The van der Waals surface area contributed by atoms with Crippen molar-refractivity contribution in [2.75, 3.05) is 26.2 Å². The van der Waals surface area contributed by atoms with Gasteiger partial charge >= 0.3 is 0 Å². The summed E-state index contributed by atoms with van der Waals surface area (Å²) in [6.07, 6.45) is 2.86. The summed E-state index contributed by atoms with van der Waals surface area (Å²) in [5.41, 5.74) is 2.27. The van der Waals surface area contributed by atoms with E-state index in [0.29, 0.717) is 24.5 Å². The Bertz CT molecular complexity index is 988. The summed E-state index contributed by atoms with van der Waals surface area (Å²) >= 11 is 0. The van der Waals surface area contributed by atoms with Gasteiger partial charge in [-0.2, -0.15) is 4.31 Å². The Hall–Kier alpha value is -2.15. The van der Waals surface area contributed by atoms with E-state index in [-0.39, 0.29) is 0 Å². The first-order valence-corrected chi connectivity index (χ1v) is 10.4. The highest BCUT2D eigenvalue weighted by Gasteiger charge is 2.25. The van der Waals surface area contributed by atoms with Gasteiger partial charge in [-0.1, -0.05) is 30.3 Å². The minimum absolute atomic E-state index is 0.379. The lowest BCUT2D eigenvalue weighted by atomic mass is 10.2. The van der Waals surface area contributed by atoms with Gasteiger partial charge in [0.05, 0.1) is 4.90 Å². The standard InChI is InChI=1S/C20H23N3O2S/c24-26(25,23-12-4-10-21-11-14-23)19-7-8-20-18(15-19)9-13-22(20)16-17-5-2-1-3-6-17/h1-3,5-9,13,15,21H,4,10-12,14,16H2. The smallest absolute Gasteiger partial charge is 0.243 e. The third-order valence-electron chi connectivity index (χ3n) is 4.88. The van der Waals surface area contributed by atoms with E-state index in [0.717, 1.165) is 30.4 Å². The van der Waals surface area contributed by atoms with E-state index in [1.165, 1.54) is 5.56 Å². The highest BCUT2D eigenvalue weighted by Crippen LogP contribution is 2.24. The van der Waals surface area contributed by atoms with Crippen LogP contribution in [0, 0.1) is 0 Å². The summed E-state index contributed by atoms with van der Waals surface area (Å²) in [5.74, 6) is 0. The van der Waals surface area contributed by atoms with Crippen LogP contribution in [0.3, 0.4) is 0 Å². The van der Waals surface area contributed by atoms with Crippen molar-refractivity contribution in [3.63, 3.8) is 0 Å². The molecule has 0 atom stereocenters. The van der Waals surface area contributed by atoms with Crippen LogP contribution in [0.15, 0.2) is 65.7 Å². The molecular formula is C20H23N3O2S. The van der Waals surface area contributed by atoms with Crippen molar-refractivity contribution in [2.24, 2.45) is 0 Å². The number of fused-ring (bicyclic) bond motifs is 1. The van der Waals surface area contributed by atoms with Gasteiger partial charge in [0, 0.05) is 43.3 Å².